The molecule has 6 nitrogen and oxygen atoms in total. The first-order valence-electron chi connectivity index (χ1n) is 4.08. The van der Waals surface area contributed by atoms with Gasteiger partial charge in [0, 0.05) is 13.6 Å². The summed E-state index contributed by atoms with van der Waals surface area (Å²) in [5.41, 5.74) is 6.09. The van der Waals surface area contributed by atoms with Crippen molar-refractivity contribution >= 4 is 11.6 Å². The molecule has 74 valence electrons. The summed E-state index contributed by atoms with van der Waals surface area (Å²) in [6, 6.07) is 1.96. The lowest BCUT2D eigenvalue weighted by Crippen LogP contribution is -2.28. The van der Waals surface area contributed by atoms with Gasteiger partial charge in [-0.1, -0.05) is 0 Å². The van der Waals surface area contributed by atoms with Crippen LogP contribution in [0.3, 0.4) is 0 Å². The minimum atomic E-state index is -0.254. The molecule has 0 aromatic carbocycles. The van der Waals surface area contributed by atoms with Crippen LogP contribution >= 0.6 is 0 Å². The Morgan fingerprint density at radius 1 is 1.86 bits per heavy atom. The van der Waals surface area contributed by atoms with Crippen LogP contribution in [0.2, 0.25) is 0 Å². The van der Waals surface area contributed by atoms with E-state index in [0.717, 1.165) is 0 Å². The van der Waals surface area contributed by atoms with E-state index >= 15 is 0 Å². The Kier molecular flexibility index (Phi) is 3.07. The van der Waals surface area contributed by atoms with E-state index < -0.39 is 0 Å². The molecule has 0 unspecified atom stereocenters. The molecule has 0 saturated carbocycles. The molecule has 1 aromatic heterocycles. The van der Waals surface area contributed by atoms with Crippen molar-refractivity contribution in [3.8, 4) is 6.07 Å². The number of nitrogens with two attached hydrogens (primary N) is 1. The van der Waals surface area contributed by atoms with E-state index in [0.29, 0.717) is 18.7 Å². The van der Waals surface area contributed by atoms with Gasteiger partial charge in [-0.05, 0) is 0 Å². The highest BCUT2D eigenvalue weighted by Gasteiger charge is 2.15. The molecule has 1 aromatic rings. The van der Waals surface area contributed by atoms with E-state index in [1.165, 1.54) is 11.1 Å². The Morgan fingerprint density at radius 3 is 3.07 bits per heavy atom. The molecule has 0 radical (unpaired) electrons. The maximum Gasteiger partial charge on any atom is 0.273 e. The van der Waals surface area contributed by atoms with Crippen molar-refractivity contribution in [2.24, 2.45) is 0 Å². The number of nitrogens with one attached hydrogen (secondary N) is 1. The second-order valence-electron chi connectivity index (χ2n) is 2.84. The summed E-state index contributed by atoms with van der Waals surface area (Å²) in [6.07, 6.45) is 1.68. The average Bonchev–Trinajstić information content (AvgIpc) is 2.59. The van der Waals surface area contributed by atoms with Gasteiger partial charge in [-0.15, -0.1) is 0 Å². The molecule has 0 bridgehead atoms. The topological polar surface area (TPSA) is 98.8 Å². The molecular weight excluding hydrogens is 182 g/mol. The second-order valence-corrected chi connectivity index (χ2v) is 2.84. The van der Waals surface area contributed by atoms with Gasteiger partial charge in [0.15, 0.2) is 0 Å². The highest BCUT2D eigenvalue weighted by molar-refractivity contribution is 5.96. The minimum absolute atomic E-state index is 0.254. The van der Waals surface area contributed by atoms with Crippen molar-refractivity contribution in [1.82, 2.24) is 15.1 Å². The predicted molar refractivity (Wildman–Crippen MR) is 50.2 cm³/mol. The van der Waals surface area contributed by atoms with Crippen molar-refractivity contribution in [3.05, 3.63) is 11.9 Å². The fourth-order valence-electron chi connectivity index (χ4n) is 0.977. The first-order chi connectivity index (χ1) is 6.66. The van der Waals surface area contributed by atoms with Gasteiger partial charge in [0.05, 0.1) is 24.4 Å². The number of nitrogens with zero attached hydrogens (tertiary/aromatic N) is 3. The Bertz CT molecular complexity index is 364. The van der Waals surface area contributed by atoms with Gasteiger partial charge in [-0.3, -0.25) is 9.89 Å². The number of anilines is 1. The van der Waals surface area contributed by atoms with E-state index in [4.69, 9.17) is 11.0 Å². The van der Waals surface area contributed by atoms with E-state index in [-0.39, 0.29) is 11.6 Å². The van der Waals surface area contributed by atoms with Crippen LogP contribution in [0.25, 0.3) is 0 Å². The SMILES string of the molecule is CN(CCC#N)C(=O)c1[nH]ncc1N. The first-order valence-corrected chi connectivity index (χ1v) is 4.08. The summed E-state index contributed by atoms with van der Waals surface area (Å²) in [5.74, 6) is -0.254. The molecule has 6 heteroatoms. The normalized spacial score (nSPS) is 9.43. The number of aromatic amines is 1. The highest BCUT2D eigenvalue weighted by atomic mass is 16.2. The maximum absolute atomic E-state index is 11.6. The van der Waals surface area contributed by atoms with Gasteiger partial charge in [-0.2, -0.15) is 10.4 Å². The average molecular weight is 193 g/mol. The number of carbonyl (C=O) groups excluding carboxylic acids is 1. The molecule has 0 fully saturated rings. The van der Waals surface area contributed by atoms with E-state index in [1.54, 1.807) is 7.05 Å². The van der Waals surface area contributed by atoms with Gasteiger partial charge < -0.3 is 10.6 Å². The fraction of sp³-hybridized carbons (Fsp3) is 0.375. The molecule has 0 aliphatic heterocycles. The summed E-state index contributed by atoms with van der Waals surface area (Å²) in [4.78, 5) is 13.0. The van der Waals surface area contributed by atoms with Gasteiger partial charge in [0.1, 0.15) is 5.69 Å². The molecule has 14 heavy (non-hydrogen) atoms. The third-order valence-electron chi connectivity index (χ3n) is 1.79. The second kappa shape index (κ2) is 4.28. The fourth-order valence-corrected chi connectivity index (χ4v) is 0.977. The summed E-state index contributed by atoms with van der Waals surface area (Å²) < 4.78 is 0. The van der Waals surface area contributed by atoms with Crippen LogP contribution in [0.15, 0.2) is 6.20 Å². The number of nitrogen functional groups attached to an aromatic ring is 1. The number of hydrogen-bond acceptors (Lipinski definition) is 4. The minimum Gasteiger partial charge on any atom is -0.396 e. The molecule has 0 aliphatic carbocycles. The van der Waals surface area contributed by atoms with Gasteiger partial charge in [0.2, 0.25) is 0 Å². The van der Waals surface area contributed by atoms with Crippen LogP contribution in [0.5, 0.6) is 0 Å². The zero-order valence-electron chi connectivity index (χ0n) is 7.82. The number of H-pyrrole nitrogens is 1. The monoisotopic (exact) mass is 193 g/mol. The van der Waals surface area contributed by atoms with Crippen molar-refractivity contribution in [2.45, 2.75) is 6.42 Å². The lowest BCUT2D eigenvalue weighted by atomic mass is 10.3. The maximum atomic E-state index is 11.6. The molecule has 0 saturated heterocycles. The Morgan fingerprint density at radius 2 is 2.57 bits per heavy atom. The molecule has 1 rings (SSSR count). The number of nitriles is 1. The van der Waals surface area contributed by atoms with Crippen LogP contribution < -0.4 is 5.73 Å². The van der Waals surface area contributed by atoms with Crippen LogP contribution in [0, 0.1) is 11.3 Å². The largest absolute Gasteiger partial charge is 0.396 e. The standard InChI is InChI=1S/C8H11N5O/c1-13(4-2-3-9)8(14)7-6(10)5-11-12-7/h5H,2,4,10H2,1H3,(H,11,12). The van der Waals surface area contributed by atoms with Crippen LogP contribution in [0.4, 0.5) is 5.69 Å². The van der Waals surface area contributed by atoms with Crippen LogP contribution in [-0.4, -0.2) is 34.6 Å². The van der Waals surface area contributed by atoms with Crippen molar-refractivity contribution in [1.29, 1.82) is 5.26 Å². The summed E-state index contributed by atoms with van der Waals surface area (Å²) in [5, 5.41) is 14.5. The predicted octanol–water partition coefficient (Wildman–Crippen LogP) is -0.0224. The molecule has 3 N–H and O–H groups in total. The van der Waals surface area contributed by atoms with E-state index in [9.17, 15) is 4.79 Å². The summed E-state index contributed by atoms with van der Waals surface area (Å²) in [7, 11) is 1.61. The van der Waals surface area contributed by atoms with Crippen molar-refractivity contribution < 1.29 is 4.79 Å². The number of amides is 1. The third kappa shape index (κ3) is 2.01. The highest BCUT2D eigenvalue weighted by Crippen LogP contribution is 2.08. The molecule has 1 amide bonds. The molecular formula is C8H11N5O. The van der Waals surface area contributed by atoms with Crippen LogP contribution in [0.1, 0.15) is 16.9 Å². The van der Waals surface area contributed by atoms with E-state index in [2.05, 4.69) is 10.2 Å². The Balaban J connectivity index is 2.67. The zero-order valence-corrected chi connectivity index (χ0v) is 7.82. The summed E-state index contributed by atoms with van der Waals surface area (Å²) >= 11 is 0. The number of aromatic nitrogens is 2. The quantitative estimate of drug-likeness (QED) is 0.704. The molecule has 1 heterocycles. The van der Waals surface area contributed by atoms with Crippen LogP contribution in [-0.2, 0) is 0 Å². The molecule has 0 spiro atoms. The Labute approximate surface area is 81.3 Å². The first kappa shape index (κ1) is 10.1. The zero-order chi connectivity index (χ0) is 10.6. The lowest BCUT2D eigenvalue weighted by Gasteiger charge is -2.14. The number of carbonyl (C=O) groups is 1. The number of hydrogen-bond donors (Lipinski definition) is 2. The van der Waals surface area contributed by atoms with Gasteiger partial charge in [0.25, 0.3) is 5.91 Å². The lowest BCUT2D eigenvalue weighted by molar-refractivity contribution is 0.0793. The number of rotatable bonds is 3. The van der Waals surface area contributed by atoms with Gasteiger partial charge in [-0.25, -0.2) is 0 Å². The van der Waals surface area contributed by atoms with Gasteiger partial charge >= 0.3 is 0 Å². The van der Waals surface area contributed by atoms with Crippen molar-refractivity contribution in [3.63, 3.8) is 0 Å². The molecule has 0 aliphatic rings. The third-order valence-corrected chi connectivity index (χ3v) is 1.79. The summed E-state index contributed by atoms with van der Waals surface area (Å²) in [6.45, 7) is 0.383. The smallest absolute Gasteiger partial charge is 0.273 e. The van der Waals surface area contributed by atoms with Crippen molar-refractivity contribution in [2.75, 3.05) is 19.3 Å². The Hall–Kier alpha value is -2.03. The molecule has 0 atom stereocenters. The van der Waals surface area contributed by atoms with E-state index in [1.807, 2.05) is 6.07 Å².